The summed E-state index contributed by atoms with van der Waals surface area (Å²) in [6, 6.07) is 0.585. The summed E-state index contributed by atoms with van der Waals surface area (Å²) in [5.41, 5.74) is 0. The first-order chi connectivity index (χ1) is 7.10. The summed E-state index contributed by atoms with van der Waals surface area (Å²) < 4.78 is 0. The van der Waals surface area contributed by atoms with E-state index >= 15 is 0 Å². The molecule has 1 N–H and O–H groups in total. The summed E-state index contributed by atoms with van der Waals surface area (Å²) in [5.74, 6) is -0.485. The lowest BCUT2D eigenvalue weighted by Gasteiger charge is -2.26. The van der Waals surface area contributed by atoms with E-state index in [2.05, 4.69) is 25.7 Å². The van der Waals surface area contributed by atoms with Crippen molar-refractivity contribution in [1.82, 2.24) is 4.90 Å². The minimum Gasteiger partial charge on any atom is -0.481 e. The van der Waals surface area contributed by atoms with E-state index in [1.807, 2.05) is 0 Å². The molecule has 0 saturated carbocycles. The fourth-order valence-corrected chi connectivity index (χ4v) is 2.60. The van der Waals surface area contributed by atoms with E-state index in [1.165, 1.54) is 12.8 Å². The van der Waals surface area contributed by atoms with Crippen molar-refractivity contribution in [2.45, 2.75) is 46.1 Å². The number of carboxylic acids is 1. The molecular formula is C12H23NO2. The van der Waals surface area contributed by atoms with Crippen molar-refractivity contribution in [3.05, 3.63) is 0 Å². The van der Waals surface area contributed by atoms with E-state index in [0.717, 1.165) is 19.5 Å². The molecule has 0 amide bonds. The van der Waals surface area contributed by atoms with Crippen molar-refractivity contribution in [2.24, 2.45) is 11.8 Å². The van der Waals surface area contributed by atoms with Crippen LogP contribution in [0.1, 0.15) is 40.0 Å². The molecule has 3 heteroatoms. The van der Waals surface area contributed by atoms with Gasteiger partial charge < -0.3 is 5.11 Å². The quantitative estimate of drug-likeness (QED) is 0.761. The van der Waals surface area contributed by atoms with Crippen LogP contribution in [-0.2, 0) is 4.79 Å². The Morgan fingerprint density at radius 3 is 2.53 bits per heavy atom. The summed E-state index contributed by atoms with van der Waals surface area (Å²) in [7, 11) is 0. The minimum atomic E-state index is -0.628. The van der Waals surface area contributed by atoms with Crippen LogP contribution in [0, 0.1) is 11.8 Å². The Kier molecular flexibility index (Phi) is 4.58. The maximum absolute atomic E-state index is 11.0. The zero-order valence-corrected chi connectivity index (χ0v) is 10.1. The normalized spacial score (nSPS) is 29.3. The second-order valence-electron chi connectivity index (χ2n) is 4.73. The highest BCUT2D eigenvalue weighted by molar-refractivity contribution is 5.71. The van der Waals surface area contributed by atoms with Crippen LogP contribution < -0.4 is 0 Å². The van der Waals surface area contributed by atoms with Crippen LogP contribution >= 0.6 is 0 Å². The first-order valence-electron chi connectivity index (χ1n) is 6.06. The molecule has 15 heavy (non-hydrogen) atoms. The molecule has 0 aromatic rings. The molecule has 1 aliphatic heterocycles. The van der Waals surface area contributed by atoms with E-state index < -0.39 is 5.97 Å². The van der Waals surface area contributed by atoms with Gasteiger partial charge in [0.1, 0.15) is 0 Å². The van der Waals surface area contributed by atoms with Gasteiger partial charge in [0, 0.05) is 19.1 Å². The van der Waals surface area contributed by atoms with E-state index in [-0.39, 0.29) is 5.92 Å². The summed E-state index contributed by atoms with van der Waals surface area (Å²) in [6.07, 6.45) is 3.50. The highest BCUT2D eigenvalue weighted by Crippen LogP contribution is 2.27. The second kappa shape index (κ2) is 5.50. The number of hydrogen-bond acceptors (Lipinski definition) is 2. The van der Waals surface area contributed by atoms with Crippen molar-refractivity contribution in [3.63, 3.8) is 0 Å². The summed E-state index contributed by atoms with van der Waals surface area (Å²) in [5, 5.41) is 9.06. The Morgan fingerprint density at radius 2 is 2.13 bits per heavy atom. The van der Waals surface area contributed by atoms with E-state index in [0.29, 0.717) is 12.0 Å². The molecule has 1 rings (SSSR count). The third-order valence-electron chi connectivity index (χ3n) is 3.57. The Labute approximate surface area is 92.5 Å². The molecular weight excluding hydrogens is 190 g/mol. The molecule has 88 valence electrons. The number of aliphatic carboxylic acids is 1. The largest absolute Gasteiger partial charge is 0.481 e. The number of hydrogen-bond donors (Lipinski definition) is 1. The van der Waals surface area contributed by atoms with Crippen LogP contribution in [0.4, 0.5) is 0 Å². The van der Waals surface area contributed by atoms with Gasteiger partial charge in [0.05, 0.1) is 5.92 Å². The van der Waals surface area contributed by atoms with Crippen molar-refractivity contribution in [3.8, 4) is 0 Å². The van der Waals surface area contributed by atoms with Crippen LogP contribution in [-0.4, -0.2) is 35.1 Å². The first-order valence-corrected chi connectivity index (χ1v) is 6.06. The van der Waals surface area contributed by atoms with Gasteiger partial charge >= 0.3 is 5.97 Å². The Hall–Kier alpha value is -0.570. The predicted octanol–water partition coefficient (Wildman–Crippen LogP) is 2.22. The van der Waals surface area contributed by atoms with Crippen LogP contribution in [0.3, 0.4) is 0 Å². The van der Waals surface area contributed by atoms with Crippen LogP contribution in [0.2, 0.25) is 0 Å². The van der Waals surface area contributed by atoms with Crippen molar-refractivity contribution < 1.29 is 9.90 Å². The van der Waals surface area contributed by atoms with Gasteiger partial charge in [0.25, 0.3) is 0 Å². The molecule has 1 heterocycles. The molecule has 0 bridgehead atoms. The number of carboxylic acid groups (broad SMARTS) is 1. The number of likely N-dealkylation sites (tertiary alicyclic amines) is 1. The smallest absolute Gasteiger partial charge is 0.308 e. The average Bonchev–Trinajstić information content (AvgIpc) is 2.56. The second-order valence-corrected chi connectivity index (χ2v) is 4.73. The van der Waals surface area contributed by atoms with Crippen molar-refractivity contribution in [2.75, 3.05) is 13.1 Å². The minimum absolute atomic E-state index is 0.157. The van der Waals surface area contributed by atoms with Gasteiger partial charge in [-0.2, -0.15) is 0 Å². The fraction of sp³-hybridized carbons (Fsp3) is 0.917. The van der Waals surface area contributed by atoms with Crippen LogP contribution in [0.5, 0.6) is 0 Å². The topological polar surface area (TPSA) is 40.5 Å². The Morgan fingerprint density at radius 1 is 1.47 bits per heavy atom. The molecule has 1 aliphatic rings. The van der Waals surface area contributed by atoms with E-state index in [4.69, 9.17) is 5.11 Å². The molecule has 0 spiro atoms. The molecule has 1 saturated heterocycles. The molecule has 0 aromatic carbocycles. The number of nitrogens with zero attached hydrogens (tertiary/aromatic N) is 1. The highest BCUT2D eigenvalue weighted by atomic mass is 16.4. The number of carbonyl (C=O) groups is 1. The van der Waals surface area contributed by atoms with Gasteiger partial charge in [-0.1, -0.05) is 27.2 Å². The maximum atomic E-state index is 11.0. The van der Waals surface area contributed by atoms with Gasteiger partial charge in [-0.15, -0.1) is 0 Å². The predicted molar refractivity (Wildman–Crippen MR) is 60.8 cm³/mol. The Balaban J connectivity index is 2.55. The standard InChI is InChI=1S/C12H23NO2/c1-4-6-10(5-2)13-7-9(3)11(8-13)12(14)15/h9-11H,4-8H2,1-3H3,(H,14,15). The first kappa shape index (κ1) is 12.5. The maximum Gasteiger partial charge on any atom is 0.308 e. The lowest BCUT2D eigenvalue weighted by molar-refractivity contribution is -0.142. The van der Waals surface area contributed by atoms with Crippen molar-refractivity contribution in [1.29, 1.82) is 0 Å². The third kappa shape index (κ3) is 2.94. The summed E-state index contributed by atoms with van der Waals surface area (Å²) >= 11 is 0. The van der Waals surface area contributed by atoms with Crippen LogP contribution in [0.25, 0.3) is 0 Å². The van der Waals surface area contributed by atoms with Gasteiger partial charge in [-0.25, -0.2) is 0 Å². The van der Waals surface area contributed by atoms with Crippen molar-refractivity contribution >= 4 is 5.97 Å². The number of rotatable bonds is 5. The average molecular weight is 213 g/mol. The van der Waals surface area contributed by atoms with Crippen LogP contribution in [0.15, 0.2) is 0 Å². The lowest BCUT2D eigenvalue weighted by Crippen LogP contribution is -2.33. The molecule has 1 fully saturated rings. The molecule has 0 aromatic heterocycles. The molecule has 3 unspecified atom stereocenters. The molecule has 3 nitrogen and oxygen atoms in total. The van der Waals surface area contributed by atoms with E-state index in [1.54, 1.807) is 0 Å². The fourth-order valence-electron chi connectivity index (χ4n) is 2.60. The lowest BCUT2D eigenvalue weighted by atomic mass is 9.99. The van der Waals surface area contributed by atoms with Gasteiger partial charge in [-0.05, 0) is 18.8 Å². The molecule has 0 radical (unpaired) electrons. The van der Waals surface area contributed by atoms with Gasteiger partial charge in [0.2, 0.25) is 0 Å². The highest BCUT2D eigenvalue weighted by Gasteiger charge is 2.36. The Bertz CT molecular complexity index is 218. The molecule has 3 atom stereocenters. The summed E-state index contributed by atoms with van der Waals surface area (Å²) in [4.78, 5) is 13.4. The summed E-state index contributed by atoms with van der Waals surface area (Å²) in [6.45, 7) is 8.14. The third-order valence-corrected chi connectivity index (χ3v) is 3.57. The SMILES string of the molecule is CCCC(CC)N1CC(C)C(C(=O)O)C1. The van der Waals surface area contributed by atoms with Gasteiger partial charge in [-0.3, -0.25) is 9.69 Å². The molecule has 0 aliphatic carbocycles. The monoisotopic (exact) mass is 213 g/mol. The zero-order valence-electron chi connectivity index (χ0n) is 10.1. The van der Waals surface area contributed by atoms with Gasteiger partial charge in [0.15, 0.2) is 0 Å². The zero-order chi connectivity index (χ0) is 11.4. The van der Waals surface area contributed by atoms with E-state index in [9.17, 15) is 4.79 Å².